The SMILES string of the molecule is CC/C=C\C/C=C\C/C=C\C/C=C\C/C=C\C/C=C\CCC(=O)OCC(COC1OC(C(=O)O)C(O)C(O)C1OC(=O)CCCCCCCCC/C=C\C/C=C\C/C=C\CC)OC(=O)C/C=C\C/C=C\C/C=C\C/C=C\C/C=C\CC. The van der Waals surface area contributed by atoms with Gasteiger partial charge in [-0.05, 0) is 116 Å². The van der Waals surface area contributed by atoms with Gasteiger partial charge >= 0.3 is 23.9 Å². The Bertz CT molecular complexity index is 2060. The van der Waals surface area contributed by atoms with Gasteiger partial charge in [-0.1, -0.05) is 223 Å². The summed E-state index contributed by atoms with van der Waals surface area (Å²) in [7, 11) is 0. The number of carbonyl (C=O) groups excluding carboxylic acids is 3. The van der Waals surface area contributed by atoms with E-state index in [-0.39, 0.29) is 19.3 Å². The van der Waals surface area contributed by atoms with Gasteiger partial charge in [-0.15, -0.1) is 0 Å². The lowest BCUT2D eigenvalue weighted by atomic mass is 9.98. The van der Waals surface area contributed by atoms with E-state index in [4.69, 9.17) is 23.7 Å². The minimum absolute atomic E-state index is 0.0209. The number of aliphatic hydroxyl groups excluding tert-OH is 2. The molecule has 1 saturated heterocycles. The van der Waals surface area contributed by atoms with E-state index in [1.807, 2.05) is 30.4 Å². The zero-order valence-corrected chi connectivity index (χ0v) is 49.4. The number of carboxylic acids is 1. The predicted octanol–water partition coefficient (Wildman–Crippen LogP) is 15.9. The van der Waals surface area contributed by atoms with Gasteiger partial charge in [-0.25, -0.2) is 4.79 Å². The number of aliphatic carboxylic acids is 1. The molecular weight excluding hydrogens is 1020 g/mol. The summed E-state index contributed by atoms with van der Waals surface area (Å²) in [4.78, 5) is 51.1. The van der Waals surface area contributed by atoms with Crippen molar-refractivity contribution in [2.24, 2.45) is 0 Å². The number of carboxylic acid groups (broad SMARTS) is 1. The summed E-state index contributed by atoms with van der Waals surface area (Å²) in [6.07, 6.45) is 69.3. The molecule has 12 heteroatoms. The van der Waals surface area contributed by atoms with Crippen molar-refractivity contribution in [3.8, 4) is 0 Å². The van der Waals surface area contributed by atoms with Crippen LogP contribution in [0.25, 0.3) is 0 Å². The lowest BCUT2D eigenvalue weighted by Gasteiger charge is -2.40. The molecule has 0 amide bonds. The fourth-order valence-electron chi connectivity index (χ4n) is 7.83. The van der Waals surface area contributed by atoms with Crippen molar-refractivity contribution < 1.29 is 58.2 Å². The third-order valence-electron chi connectivity index (χ3n) is 12.3. The van der Waals surface area contributed by atoms with Crippen LogP contribution in [0, 0.1) is 0 Å². The second-order valence-electron chi connectivity index (χ2n) is 19.5. The van der Waals surface area contributed by atoms with Gasteiger partial charge in [-0.2, -0.15) is 0 Å². The number of carbonyl (C=O) groups is 4. The number of allylic oxidation sites excluding steroid dienone is 27. The molecule has 1 aliphatic heterocycles. The van der Waals surface area contributed by atoms with Gasteiger partial charge in [0.1, 0.15) is 18.8 Å². The highest BCUT2D eigenvalue weighted by Crippen LogP contribution is 2.26. The van der Waals surface area contributed by atoms with Crippen LogP contribution >= 0.6 is 0 Å². The number of unbranched alkanes of at least 4 members (excludes halogenated alkanes) is 7. The Morgan fingerprint density at radius 2 is 0.802 bits per heavy atom. The van der Waals surface area contributed by atoms with Gasteiger partial charge in [0.15, 0.2) is 24.6 Å². The van der Waals surface area contributed by atoms with E-state index in [0.29, 0.717) is 25.7 Å². The van der Waals surface area contributed by atoms with Crippen LogP contribution in [0.5, 0.6) is 0 Å². The largest absolute Gasteiger partial charge is 0.479 e. The van der Waals surface area contributed by atoms with Crippen LogP contribution in [0.1, 0.15) is 188 Å². The van der Waals surface area contributed by atoms with Gasteiger partial charge < -0.3 is 39.0 Å². The van der Waals surface area contributed by atoms with E-state index in [0.717, 1.165) is 122 Å². The molecule has 6 unspecified atom stereocenters. The normalized spacial score (nSPS) is 19.0. The Labute approximate surface area is 487 Å². The maximum absolute atomic E-state index is 13.1. The van der Waals surface area contributed by atoms with E-state index in [1.54, 1.807) is 6.08 Å². The first-order valence-corrected chi connectivity index (χ1v) is 30.1. The van der Waals surface area contributed by atoms with Crippen molar-refractivity contribution in [2.45, 2.75) is 225 Å². The number of hydrogen-bond acceptors (Lipinski definition) is 11. The van der Waals surface area contributed by atoms with E-state index in [9.17, 15) is 34.5 Å². The summed E-state index contributed by atoms with van der Waals surface area (Å²) in [5, 5.41) is 31.5. The highest BCUT2D eigenvalue weighted by Gasteiger charge is 2.50. The lowest BCUT2D eigenvalue weighted by molar-refractivity contribution is -0.301. The Hall–Kier alpha value is -5.92. The standard InChI is InChI=1S/C69H102O12/c1-4-7-10-13-16-19-22-25-28-30-31-33-35-37-40-43-46-49-52-55-61(70)77-58-60(79-62(71)56-53-50-47-44-41-38-34-27-24-21-18-15-12-9-6-3)59-78-69-67(65(74)64(73)66(81-69)68(75)76)80-63(72)57-54-51-48-45-42-39-36-32-29-26-23-20-17-14-11-8-5-2/h7-12,16-21,25-29,31,33-34,37,40-41,44,46,49-50,53,60,64-67,69,73-74H,4-6,13-15,22-24,30,32,35-36,38-39,42-43,45,47-48,51-52,54-59H2,1-3H3,(H,75,76)/b10-7-,11-8-,12-9-,19-16-,20-17-,21-18-,28-25-,29-26-,33-31-,34-27-,40-37-,44-41-,49-46-,53-50-. The summed E-state index contributed by atoms with van der Waals surface area (Å²) in [5.41, 5.74) is 0. The van der Waals surface area contributed by atoms with Crippen LogP contribution in [0.4, 0.5) is 0 Å². The van der Waals surface area contributed by atoms with Crippen molar-refractivity contribution in [1.29, 1.82) is 0 Å². The minimum atomic E-state index is -1.94. The third-order valence-corrected chi connectivity index (χ3v) is 12.3. The molecule has 0 radical (unpaired) electrons. The average Bonchev–Trinajstić information content (AvgIpc) is 3.53. The second kappa shape index (κ2) is 54.7. The number of esters is 3. The van der Waals surface area contributed by atoms with Crippen LogP contribution < -0.4 is 0 Å². The van der Waals surface area contributed by atoms with Gasteiger partial charge in [0.25, 0.3) is 0 Å². The summed E-state index contributed by atoms with van der Waals surface area (Å²) in [6.45, 7) is 5.48. The molecule has 0 aromatic heterocycles. The zero-order valence-electron chi connectivity index (χ0n) is 49.4. The number of ether oxygens (including phenoxy) is 5. The summed E-state index contributed by atoms with van der Waals surface area (Å²) < 4.78 is 28.2. The molecule has 6 atom stereocenters. The van der Waals surface area contributed by atoms with Crippen molar-refractivity contribution in [3.05, 3.63) is 170 Å². The summed E-state index contributed by atoms with van der Waals surface area (Å²) in [5.74, 6) is -3.45. The summed E-state index contributed by atoms with van der Waals surface area (Å²) >= 11 is 0. The molecule has 0 saturated carbocycles. The van der Waals surface area contributed by atoms with E-state index in [2.05, 4.69) is 154 Å². The molecule has 1 fully saturated rings. The Morgan fingerprint density at radius 3 is 1.23 bits per heavy atom. The molecule has 3 N–H and O–H groups in total. The van der Waals surface area contributed by atoms with Gasteiger partial charge in [0, 0.05) is 12.8 Å². The Balaban J connectivity index is 2.80. The molecule has 1 aliphatic rings. The lowest BCUT2D eigenvalue weighted by Crippen LogP contribution is -2.61. The third kappa shape index (κ3) is 44.4. The van der Waals surface area contributed by atoms with Crippen LogP contribution in [0.2, 0.25) is 0 Å². The highest BCUT2D eigenvalue weighted by atomic mass is 16.7. The minimum Gasteiger partial charge on any atom is -0.479 e. The topological polar surface area (TPSA) is 175 Å². The molecule has 0 aromatic rings. The second-order valence-corrected chi connectivity index (χ2v) is 19.5. The van der Waals surface area contributed by atoms with E-state index < -0.39 is 73.9 Å². The van der Waals surface area contributed by atoms with Crippen molar-refractivity contribution in [1.82, 2.24) is 0 Å². The van der Waals surface area contributed by atoms with E-state index in [1.165, 1.54) is 0 Å². The van der Waals surface area contributed by atoms with Crippen LogP contribution in [0.15, 0.2) is 170 Å². The van der Waals surface area contributed by atoms with Crippen LogP contribution in [-0.4, -0.2) is 89.2 Å². The zero-order chi connectivity index (χ0) is 58.9. The smallest absolute Gasteiger partial charge is 0.335 e. The van der Waals surface area contributed by atoms with Gasteiger partial charge in [-0.3, -0.25) is 14.4 Å². The number of aliphatic hydroxyl groups is 2. The molecular formula is C69H102O12. The first-order valence-electron chi connectivity index (χ1n) is 30.1. The Morgan fingerprint density at radius 1 is 0.420 bits per heavy atom. The monoisotopic (exact) mass is 1120 g/mol. The molecule has 12 nitrogen and oxygen atoms in total. The number of hydrogen-bond donors (Lipinski definition) is 3. The molecule has 0 aromatic carbocycles. The molecule has 1 rings (SSSR count). The van der Waals surface area contributed by atoms with Crippen molar-refractivity contribution in [2.75, 3.05) is 13.2 Å². The first kappa shape index (κ1) is 73.1. The van der Waals surface area contributed by atoms with Crippen LogP contribution in [0.3, 0.4) is 0 Å². The van der Waals surface area contributed by atoms with E-state index >= 15 is 0 Å². The maximum Gasteiger partial charge on any atom is 0.335 e. The highest BCUT2D eigenvalue weighted by molar-refractivity contribution is 5.74. The van der Waals surface area contributed by atoms with Crippen LogP contribution in [-0.2, 0) is 42.9 Å². The molecule has 0 bridgehead atoms. The number of rotatable bonds is 48. The fourth-order valence-corrected chi connectivity index (χ4v) is 7.83. The molecule has 1 heterocycles. The fraction of sp³-hybridized carbons (Fsp3) is 0.536. The molecule has 0 spiro atoms. The average molecular weight is 1120 g/mol. The predicted molar refractivity (Wildman–Crippen MR) is 330 cm³/mol. The Kier molecular flexibility index (Phi) is 49.3. The first-order chi connectivity index (χ1) is 39.6. The molecule has 0 aliphatic carbocycles. The molecule has 81 heavy (non-hydrogen) atoms. The maximum atomic E-state index is 13.1. The summed E-state index contributed by atoms with van der Waals surface area (Å²) in [6, 6.07) is 0. The van der Waals surface area contributed by atoms with Gasteiger partial charge in [0.2, 0.25) is 0 Å². The van der Waals surface area contributed by atoms with Gasteiger partial charge in [0.05, 0.1) is 13.0 Å². The van der Waals surface area contributed by atoms with Crippen molar-refractivity contribution >= 4 is 23.9 Å². The molecule has 450 valence electrons. The van der Waals surface area contributed by atoms with Crippen molar-refractivity contribution in [3.63, 3.8) is 0 Å². The quantitative estimate of drug-likeness (QED) is 0.0228.